The summed E-state index contributed by atoms with van der Waals surface area (Å²) in [7, 11) is 1.58. The summed E-state index contributed by atoms with van der Waals surface area (Å²) in [5, 5.41) is 0. The maximum absolute atomic E-state index is 12.8. The van der Waals surface area contributed by atoms with E-state index in [2.05, 4.69) is 0 Å². The van der Waals surface area contributed by atoms with E-state index in [0.29, 0.717) is 32.5 Å². The molecule has 3 aliphatic rings. The summed E-state index contributed by atoms with van der Waals surface area (Å²) in [5.41, 5.74) is 1.04. The van der Waals surface area contributed by atoms with Crippen molar-refractivity contribution in [1.29, 1.82) is 0 Å². The number of imide groups is 1. The first-order chi connectivity index (χ1) is 12.1. The molecule has 0 N–H and O–H groups in total. The molecule has 0 unspecified atom stereocenters. The van der Waals surface area contributed by atoms with E-state index in [1.54, 1.807) is 16.9 Å². The normalized spacial score (nSPS) is 29.1. The van der Waals surface area contributed by atoms with E-state index in [-0.39, 0.29) is 23.9 Å². The van der Waals surface area contributed by atoms with E-state index in [1.165, 1.54) is 4.90 Å². The van der Waals surface area contributed by atoms with Gasteiger partial charge in [0, 0.05) is 33.2 Å². The van der Waals surface area contributed by atoms with E-state index in [9.17, 15) is 14.4 Å². The van der Waals surface area contributed by atoms with Crippen molar-refractivity contribution in [1.82, 2.24) is 14.7 Å². The largest absolute Gasteiger partial charge is 0.380 e. The van der Waals surface area contributed by atoms with Crippen LogP contribution in [0.25, 0.3) is 0 Å². The van der Waals surface area contributed by atoms with Crippen molar-refractivity contribution in [2.24, 2.45) is 0 Å². The second kappa shape index (κ2) is 6.15. The first-order valence-electron chi connectivity index (χ1n) is 8.59. The SMILES string of the molecule is CO[C@@H]1C[C@H]2C(=O)N([C@H]3CCN(Cc4ccccc4)C3=O)C(=O)N2C1. The van der Waals surface area contributed by atoms with Crippen LogP contribution in [-0.4, -0.2) is 70.9 Å². The van der Waals surface area contributed by atoms with E-state index < -0.39 is 12.1 Å². The van der Waals surface area contributed by atoms with Gasteiger partial charge in [-0.25, -0.2) is 9.69 Å². The number of urea groups is 1. The van der Waals surface area contributed by atoms with Gasteiger partial charge in [-0.05, 0) is 12.0 Å². The Morgan fingerprint density at radius 1 is 1.08 bits per heavy atom. The molecule has 3 atom stereocenters. The van der Waals surface area contributed by atoms with E-state index >= 15 is 0 Å². The minimum absolute atomic E-state index is 0.103. The predicted octanol–water partition coefficient (Wildman–Crippen LogP) is 0.839. The summed E-state index contributed by atoms with van der Waals surface area (Å²) >= 11 is 0. The molecule has 0 aliphatic carbocycles. The molecule has 3 heterocycles. The van der Waals surface area contributed by atoms with Crippen LogP contribution >= 0.6 is 0 Å². The van der Waals surface area contributed by atoms with Crippen LogP contribution in [0.2, 0.25) is 0 Å². The molecule has 132 valence electrons. The molecule has 25 heavy (non-hydrogen) atoms. The van der Waals surface area contributed by atoms with Crippen molar-refractivity contribution in [2.45, 2.75) is 37.6 Å². The van der Waals surface area contributed by atoms with Crippen LogP contribution < -0.4 is 0 Å². The van der Waals surface area contributed by atoms with E-state index in [4.69, 9.17) is 4.74 Å². The molecule has 0 bridgehead atoms. The highest BCUT2D eigenvalue weighted by Gasteiger charge is 2.55. The number of hydrogen-bond donors (Lipinski definition) is 0. The molecule has 0 spiro atoms. The zero-order valence-corrected chi connectivity index (χ0v) is 14.1. The fourth-order valence-electron chi connectivity index (χ4n) is 4.02. The smallest absolute Gasteiger partial charge is 0.328 e. The number of nitrogens with zero attached hydrogens (tertiary/aromatic N) is 3. The molecule has 4 rings (SSSR count). The number of hydrogen-bond acceptors (Lipinski definition) is 4. The van der Waals surface area contributed by atoms with Gasteiger partial charge >= 0.3 is 6.03 Å². The topological polar surface area (TPSA) is 70.2 Å². The lowest BCUT2D eigenvalue weighted by atomic mass is 10.1. The average molecular weight is 343 g/mol. The van der Waals surface area contributed by atoms with Gasteiger partial charge in [0.05, 0.1) is 6.10 Å². The van der Waals surface area contributed by atoms with Crippen LogP contribution in [0.5, 0.6) is 0 Å². The fourth-order valence-corrected chi connectivity index (χ4v) is 4.02. The van der Waals surface area contributed by atoms with Gasteiger partial charge in [0.15, 0.2) is 0 Å². The Morgan fingerprint density at radius 2 is 1.84 bits per heavy atom. The molecule has 0 radical (unpaired) electrons. The molecule has 7 heteroatoms. The van der Waals surface area contributed by atoms with Crippen molar-refractivity contribution in [3.8, 4) is 0 Å². The lowest BCUT2D eigenvalue weighted by Gasteiger charge is -2.23. The monoisotopic (exact) mass is 343 g/mol. The van der Waals surface area contributed by atoms with Crippen LogP contribution in [0.4, 0.5) is 4.79 Å². The first kappa shape index (κ1) is 16.1. The van der Waals surface area contributed by atoms with Crippen molar-refractivity contribution in [3.63, 3.8) is 0 Å². The van der Waals surface area contributed by atoms with Crippen molar-refractivity contribution in [3.05, 3.63) is 35.9 Å². The van der Waals surface area contributed by atoms with Gasteiger partial charge in [-0.1, -0.05) is 30.3 Å². The number of methoxy groups -OCH3 is 1. The molecule has 3 fully saturated rings. The average Bonchev–Trinajstić information content (AvgIpc) is 3.26. The van der Waals surface area contributed by atoms with Gasteiger partial charge < -0.3 is 14.5 Å². The zero-order chi connectivity index (χ0) is 17.6. The van der Waals surface area contributed by atoms with Gasteiger partial charge in [0.2, 0.25) is 5.91 Å². The summed E-state index contributed by atoms with van der Waals surface area (Å²) < 4.78 is 5.27. The van der Waals surface area contributed by atoms with Crippen LogP contribution in [0.3, 0.4) is 0 Å². The Balaban J connectivity index is 1.47. The van der Waals surface area contributed by atoms with Crippen molar-refractivity contribution in [2.75, 3.05) is 20.2 Å². The molecule has 7 nitrogen and oxygen atoms in total. The molecule has 3 saturated heterocycles. The van der Waals surface area contributed by atoms with Crippen molar-refractivity contribution >= 4 is 17.8 Å². The summed E-state index contributed by atoms with van der Waals surface area (Å²) in [6.07, 6.45) is 0.901. The minimum atomic E-state index is -0.671. The molecule has 0 aromatic heterocycles. The third-order valence-electron chi connectivity index (χ3n) is 5.37. The number of fused-ring (bicyclic) bond motifs is 1. The predicted molar refractivity (Wildman–Crippen MR) is 88.4 cm³/mol. The lowest BCUT2D eigenvalue weighted by Crippen LogP contribution is -2.46. The summed E-state index contributed by atoms with van der Waals surface area (Å²) in [4.78, 5) is 42.6. The second-order valence-electron chi connectivity index (χ2n) is 6.80. The van der Waals surface area contributed by atoms with Crippen LogP contribution in [0.1, 0.15) is 18.4 Å². The van der Waals surface area contributed by atoms with Crippen LogP contribution in [0.15, 0.2) is 30.3 Å². The Hall–Kier alpha value is -2.41. The number of likely N-dealkylation sites (tertiary alicyclic amines) is 1. The maximum atomic E-state index is 12.8. The van der Waals surface area contributed by atoms with Gasteiger partial charge in [0.25, 0.3) is 5.91 Å². The minimum Gasteiger partial charge on any atom is -0.380 e. The highest BCUT2D eigenvalue weighted by molar-refractivity contribution is 6.08. The summed E-state index contributed by atoms with van der Waals surface area (Å²) in [5.74, 6) is -0.403. The number of ether oxygens (including phenoxy) is 1. The highest BCUT2D eigenvalue weighted by atomic mass is 16.5. The fraction of sp³-hybridized carbons (Fsp3) is 0.500. The Labute approximate surface area is 146 Å². The second-order valence-corrected chi connectivity index (χ2v) is 6.80. The van der Waals surface area contributed by atoms with Crippen LogP contribution in [-0.2, 0) is 20.9 Å². The summed E-state index contributed by atoms with van der Waals surface area (Å²) in [6.45, 7) is 1.48. The Morgan fingerprint density at radius 3 is 2.52 bits per heavy atom. The Kier molecular flexibility index (Phi) is 3.95. The standard InChI is InChI=1S/C18H21N3O4/c1-25-13-9-15-17(23)21(18(24)20(15)11-13)14-7-8-19(16(14)22)10-12-5-3-2-4-6-12/h2-6,13-15H,7-11H2,1H3/t13-,14+,15+/m1/s1. The Bertz CT molecular complexity index is 684. The maximum Gasteiger partial charge on any atom is 0.328 e. The van der Waals surface area contributed by atoms with Crippen LogP contribution in [0, 0.1) is 0 Å². The van der Waals surface area contributed by atoms with Gasteiger partial charge in [-0.3, -0.25) is 9.59 Å². The molecule has 3 aliphatic heterocycles. The molecule has 1 aromatic carbocycles. The number of rotatable bonds is 4. The molecule has 1 aromatic rings. The first-order valence-corrected chi connectivity index (χ1v) is 8.59. The van der Waals surface area contributed by atoms with Gasteiger partial charge in [0.1, 0.15) is 12.1 Å². The number of benzene rings is 1. The number of carbonyl (C=O) groups excluding carboxylic acids is 3. The zero-order valence-electron chi connectivity index (χ0n) is 14.1. The van der Waals surface area contributed by atoms with Crippen molar-refractivity contribution < 1.29 is 19.1 Å². The van der Waals surface area contributed by atoms with Gasteiger partial charge in [-0.15, -0.1) is 0 Å². The molecule has 4 amide bonds. The third-order valence-corrected chi connectivity index (χ3v) is 5.37. The number of carbonyl (C=O) groups is 3. The quantitative estimate of drug-likeness (QED) is 0.760. The highest BCUT2D eigenvalue weighted by Crippen LogP contribution is 2.32. The number of amides is 4. The van der Waals surface area contributed by atoms with Gasteiger partial charge in [-0.2, -0.15) is 0 Å². The van der Waals surface area contributed by atoms with E-state index in [0.717, 1.165) is 5.56 Å². The lowest BCUT2D eigenvalue weighted by molar-refractivity contribution is -0.138. The molecular weight excluding hydrogens is 322 g/mol. The summed E-state index contributed by atoms with van der Waals surface area (Å²) in [6, 6.07) is 8.23. The third kappa shape index (κ3) is 2.59. The molecular formula is C18H21N3O4. The van der Waals surface area contributed by atoms with E-state index in [1.807, 2.05) is 30.3 Å². The molecule has 0 saturated carbocycles.